The maximum Gasteiger partial charge on any atom is 0.251 e. The first-order valence-electron chi connectivity index (χ1n) is 6.68. The highest BCUT2D eigenvalue weighted by atomic mass is 16.1. The van der Waals surface area contributed by atoms with Crippen LogP contribution in [0.25, 0.3) is 0 Å². The van der Waals surface area contributed by atoms with Crippen molar-refractivity contribution in [3.8, 4) is 0 Å². The Hall–Kier alpha value is -2.29. The average molecular weight is 268 g/mol. The van der Waals surface area contributed by atoms with Crippen molar-refractivity contribution in [1.29, 1.82) is 0 Å². The molecule has 0 radical (unpaired) electrons. The SMILES string of the molecule is Cc1ccc(CNC(=O)c2cccc(N)c2)c(C)c1C. The Labute approximate surface area is 119 Å². The molecule has 0 heterocycles. The standard InChI is InChI=1S/C17H20N2O/c1-11-7-8-15(13(3)12(11)2)10-19-17(20)14-5-4-6-16(18)9-14/h4-9H,10,18H2,1-3H3,(H,19,20). The van der Waals surface area contributed by atoms with Crippen LogP contribution in [0.2, 0.25) is 0 Å². The topological polar surface area (TPSA) is 55.1 Å². The van der Waals surface area contributed by atoms with Crippen LogP contribution in [0.5, 0.6) is 0 Å². The van der Waals surface area contributed by atoms with E-state index in [1.807, 2.05) is 0 Å². The Bertz CT molecular complexity index is 647. The van der Waals surface area contributed by atoms with Crippen molar-refractivity contribution in [3.05, 3.63) is 64.2 Å². The number of nitrogens with one attached hydrogen (secondary N) is 1. The smallest absolute Gasteiger partial charge is 0.251 e. The lowest BCUT2D eigenvalue weighted by Gasteiger charge is -2.12. The molecule has 0 bridgehead atoms. The fourth-order valence-electron chi connectivity index (χ4n) is 2.16. The van der Waals surface area contributed by atoms with Gasteiger partial charge < -0.3 is 11.1 Å². The first-order chi connectivity index (χ1) is 9.49. The Kier molecular flexibility index (Phi) is 4.08. The highest BCUT2D eigenvalue weighted by Gasteiger charge is 2.08. The molecular formula is C17H20N2O. The molecule has 20 heavy (non-hydrogen) atoms. The second-order valence-electron chi connectivity index (χ2n) is 5.10. The van der Waals surface area contributed by atoms with Gasteiger partial charge in [0, 0.05) is 17.8 Å². The van der Waals surface area contributed by atoms with Gasteiger partial charge in [0.2, 0.25) is 0 Å². The third-order valence-corrected chi connectivity index (χ3v) is 3.76. The fourth-order valence-corrected chi connectivity index (χ4v) is 2.16. The second kappa shape index (κ2) is 5.78. The molecule has 3 heteroatoms. The number of hydrogen-bond acceptors (Lipinski definition) is 2. The summed E-state index contributed by atoms with van der Waals surface area (Å²) < 4.78 is 0. The molecule has 3 N–H and O–H groups in total. The monoisotopic (exact) mass is 268 g/mol. The highest BCUT2D eigenvalue weighted by Crippen LogP contribution is 2.17. The van der Waals surface area contributed by atoms with Crippen LogP contribution in [-0.4, -0.2) is 5.91 Å². The Balaban J connectivity index is 2.09. The molecule has 2 aromatic carbocycles. The van der Waals surface area contributed by atoms with Crippen molar-refractivity contribution in [2.24, 2.45) is 0 Å². The van der Waals surface area contributed by atoms with Crippen molar-refractivity contribution >= 4 is 11.6 Å². The molecule has 104 valence electrons. The maximum atomic E-state index is 12.1. The summed E-state index contributed by atoms with van der Waals surface area (Å²) in [5.41, 5.74) is 11.8. The number of nitrogens with two attached hydrogens (primary N) is 1. The van der Waals surface area contributed by atoms with Crippen LogP contribution in [0.1, 0.15) is 32.6 Å². The average Bonchev–Trinajstić information content (AvgIpc) is 2.44. The molecule has 0 saturated carbocycles. The number of carbonyl (C=O) groups is 1. The molecule has 1 amide bonds. The number of aryl methyl sites for hydroxylation is 1. The van der Waals surface area contributed by atoms with Crippen molar-refractivity contribution in [3.63, 3.8) is 0 Å². The quantitative estimate of drug-likeness (QED) is 0.840. The molecule has 0 aliphatic heterocycles. The van der Waals surface area contributed by atoms with Gasteiger partial charge >= 0.3 is 0 Å². The molecule has 2 aromatic rings. The molecule has 0 saturated heterocycles. The minimum Gasteiger partial charge on any atom is -0.399 e. The van der Waals surface area contributed by atoms with E-state index in [9.17, 15) is 4.79 Å². The van der Waals surface area contributed by atoms with Gasteiger partial charge in [-0.1, -0.05) is 18.2 Å². The van der Waals surface area contributed by atoms with Gasteiger partial charge in [0.1, 0.15) is 0 Å². The lowest BCUT2D eigenvalue weighted by atomic mass is 9.99. The molecule has 3 nitrogen and oxygen atoms in total. The normalized spacial score (nSPS) is 10.3. The largest absolute Gasteiger partial charge is 0.399 e. The van der Waals surface area contributed by atoms with Crippen LogP contribution in [0.15, 0.2) is 36.4 Å². The van der Waals surface area contributed by atoms with E-state index in [0.29, 0.717) is 17.8 Å². The van der Waals surface area contributed by atoms with Gasteiger partial charge in [-0.25, -0.2) is 0 Å². The fraction of sp³-hybridized carbons (Fsp3) is 0.235. The molecule has 0 atom stereocenters. The van der Waals surface area contributed by atoms with Gasteiger partial charge in [-0.3, -0.25) is 4.79 Å². The molecule has 0 aromatic heterocycles. The van der Waals surface area contributed by atoms with Crippen LogP contribution in [0, 0.1) is 20.8 Å². The van der Waals surface area contributed by atoms with E-state index in [-0.39, 0.29) is 5.91 Å². The summed E-state index contributed by atoms with van der Waals surface area (Å²) in [7, 11) is 0. The summed E-state index contributed by atoms with van der Waals surface area (Å²) in [5, 5.41) is 2.94. The Morgan fingerprint density at radius 1 is 1.10 bits per heavy atom. The summed E-state index contributed by atoms with van der Waals surface area (Å²) in [6.07, 6.45) is 0. The van der Waals surface area contributed by atoms with E-state index in [1.54, 1.807) is 24.3 Å². The maximum absolute atomic E-state index is 12.1. The number of rotatable bonds is 3. The molecule has 0 unspecified atom stereocenters. The molecule has 0 aliphatic carbocycles. The Morgan fingerprint density at radius 2 is 1.85 bits per heavy atom. The first kappa shape index (κ1) is 14.1. The van der Waals surface area contributed by atoms with E-state index in [4.69, 9.17) is 5.73 Å². The number of hydrogen-bond donors (Lipinski definition) is 2. The number of nitrogen functional groups attached to an aromatic ring is 1. The van der Waals surface area contributed by atoms with Crippen LogP contribution < -0.4 is 11.1 Å². The number of amides is 1. The highest BCUT2D eigenvalue weighted by molar-refractivity contribution is 5.94. The summed E-state index contributed by atoms with van der Waals surface area (Å²) >= 11 is 0. The summed E-state index contributed by atoms with van der Waals surface area (Å²) in [4.78, 5) is 12.1. The van der Waals surface area contributed by atoms with Crippen molar-refractivity contribution in [2.45, 2.75) is 27.3 Å². The summed E-state index contributed by atoms with van der Waals surface area (Å²) in [6, 6.07) is 11.2. The minimum absolute atomic E-state index is 0.102. The second-order valence-corrected chi connectivity index (χ2v) is 5.10. The van der Waals surface area contributed by atoms with Crippen molar-refractivity contribution < 1.29 is 4.79 Å². The first-order valence-corrected chi connectivity index (χ1v) is 6.68. The van der Waals surface area contributed by atoms with E-state index < -0.39 is 0 Å². The zero-order chi connectivity index (χ0) is 14.7. The van der Waals surface area contributed by atoms with Crippen LogP contribution in [0.3, 0.4) is 0 Å². The van der Waals surface area contributed by atoms with Crippen LogP contribution >= 0.6 is 0 Å². The van der Waals surface area contributed by atoms with Crippen LogP contribution in [-0.2, 0) is 6.54 Å². The van der Waals surface area contributed by atoms with Crippen molar-refractivity contribution in [2.75, 3.05) is 5.73 Å². The predicted molar refractivity (Wildman–Crippen MR) is 82.7 cm³/mol. The molecule has 0 spiro atoms. The van der Waals surface area contributed by atoms with Gasteiger partial charge in [0.15, 0.2) is 0 Å². The molecular weight excluding hydrogens is 248 g/mol. The lowest BCUT2D eigenvalue weighted by molar-refractivity contribution is 0.0951. The predicted octanol–water partition coefficient (Wildman–Crippen LogP) is 3.12. The number of benzene rings is 2. The third-order valence-electron chi connectivity index (χ3n) is 3.76. The van der Waals surface area contributed by atoms with Gasteiger partial charge in [-0.05, 0) is 61.2 Å². The van der Waals surface area contributed by atoms with E-state index >= 15 is 0 Å². The molecule has 0 fully saturated rings. The minimum atomic E-state index is -0.102. The van der Waals surface area contributed by atoms with Crippen molar-refractivity contribution in [1.82, 2.24) is 5.32 Å². The summed E-state index contributed by atoms with van der Waals surface area (Å²) in [5.74, 6) is -0.102. The van der Waals surface area contributed by atoms with E-state index in [1.165, 1.54) is 16.7 Å². The molecule has 2 rings (SSSR count). The van der Waals surface area contributed by atoms with E-state index in [0.717, 1.165) is 5.56 Å². The van der Waals surface area contributed by atoms with Gasteiger partial charge in [-0.15, -0.1) is 0 Å². The van der Waals surface area contributed by atoms with Gasteiger partial charge in [0.05, 0.1) is 0 Å². The number of anilines is 1. The lowest BCUT2D eigenvalue weighted by Crippen LogP contribution is -2.23. The number of carbonyl (C=O) groups excluding carboxylic acids is 1. The van der Waals surface area contributed by atoms with Gasteiger partial charge in [-0.2, -0.15) is 0 Å². The Morgan fingerprint density at radius 3 is 2.55 bits per heavy atom. The summed E-state index contributed by atoms with van der Waals surface area (Å²) in [6.45, 7) is 6.82. The molecule has 0 aliphatic rings. The van der Waals surface area contributed by atoms with E-state index in [2.05, 4.69) is 38.2 Å². The zero-order valence-electron chi connectivity index (χ0n) is 12.2. The zero-order valence-corrected chi connectivity index (χ0v) is 12.2. The van der Waals surface area contributed by atoms with Crippen LogP contribution in [0.4, 0.5) is 5.69 Å². The third kappa shape index (κ3) is 2.99. The van der Waals surface area contributed by atoms with Gasteiger partial charge in [0.25, 0.3) is 5.91 Å².